The number of nitrogens with one attached hydrogen (secondary N) is 1. The maximum atomic E-state index is 12.5. The highest BCUT2D eigenvalue weighted by atomic mass is 16.2. The molecule has 2 aromatic rings. The van der Waals surface area contributed by atoms with Gasteiger partial charge >= 0.3 is 0 Å². The number of hydrogen-bond acceptors (Lipinski definition) is 3. The lowest BCUT2D eigenvalue weighted by molar-refractivity contribution is 0.0927. The predicted octanol–water partition coefficient (Wildman–Crippen LogP) is 1.90. The number of nitrogens with two attached hydrogens (primary N) is 1. The summed E-state index contributed by atoms with van der Waals surface area (Å²) in [5.74, 6) is -0.136. The van der Waals surface area contributed by atoms with E-state index in [-0.39, 0.29) is 11.9 Å². The lowest BCUT2D eigenvalue weighted by atomic mass is 10.1. The third kappa shape index (κ3) is 3.49. The summed E-state index contributed by atoms with van der Waals surface area (Å²) in [4.78, 5) is 12.5. The van der Waals surface area contributed by atoms with Gasteiger partial charge in [-0.25, -0.2) is 0 Å². The number of nitrogens with zero attached hydrogens (tertiary/aromatic N) is 2. The van der Waals surface area contributed by atoms with Gasteiger partial charge < -0.3 is 11.1 Å². The first-order valence-electron chi connectivity index (χ1n) is 7.32. The molecule has 112 valence electrons. The molecular weight excluding hydrogens is 264 g/mol. The van der Waals surface area contributed by atoms with E-state index in [1.165, 1.54) is 0 Å². The van der Waals surface area contributed by atoms with Crippen LogP contribution in [0.25, 0.3) is 0 Å². The lowest BCUT2D eigenvalue weighted by Gasteiger charge is -2.17. The Bertz CT molecular complexity index is 592. The number of benzene rings is 1. The topological polar surface area (TPSA) is 72.9 Å². The zero-order valence-electron chi connectivity index (χ0n) is 12.5. The first kappa shape index (κ1) is 15.3. The van der Waals surface area contributed by atoms with E-state index in [0.29, 0.717) is 18.8 Å². The third-order valence-electron chi connectivity index (χ3n) is 3.47. The first-order valence-corrected chi connectivity index (χ1v) is 7.32. The van der Waals surface area contributed by atoms with E-state index in [4.69, 9.17) is 5.73 Å². The molecule has 0 fully saturated rings. The molecule has 0 aliphatic carbocycles. The van der Waals surface area contributed by atoms with E-state index < -0.39 is 0 Å². The van der Waals surface area contributed by atoms with Crippen molar-refractivity contribution in [3.8, 4) is 0 Å². The minimum Gasteiger partial charge on any atom is -0.343 e. The van der Waals surface area contributed by atoms with Crippen LogP contribution in [0.5, 0.6) is 0 Å². The van der Waals surface area contributed by atoms with E-state index in [1.807, 2.05) is 50.2 Å². The molecule has 0 saturated carbocycles. The number of carbonyl (C=O) groups excluding carboxylic acids is 1. The fraction of sp³-hybridized carbons (Fsp3) is 0.375. The van der Waals surface area contributed by atoms with Crippen molar-refractivity contribution in [2.24, 2.45) is 5.73 Å². The van der Waals surface area contributed by atoms with Gasteiger partial charge in [0.15, 0.2) is 0 Å². The largest absolute Gasteiger partial charge is 0.343 e. The monoisotopic (exact) mass is 286 g/mol. The number of hydrogen-bond donors (Lipinski definition) is 2. The summed E-state index contributed by atoms with van der Waals surface area (Å²) in [5, 5.41) is 7.39. The van der Waals surface area contributed by atoms with Crippen LogP contribution in [0.1, 0.15) is 41.6 Å². The Balaban J connectivity index is 2.18. The molecule has 1 aromatic carbocycles. The highest BCUT2D eigenvalue weighted by Gasteiger charge is 2.18. The molecule has 1 atom stereocenters. The van der Waals surface area contributed by atoms with Gasteiger partial charge in [-0.3, -0.25) is 9.48 Å². The number of rotatable bonds is 6. The maximum Gasteiger partial charge on any atom is 0.270 e. The molecule has 0 aliphatic heterocycles. The molecule has 0 aliphatic rings. The van der Waals surface area contributed by atoms with Crippen LogP contribution in [0.3, 0.4) is 0 Å². The second kappa shape index (κ2) is 7.04. The van der Waals surface area contributed by atoms with Crippen LogP contribution in [0.2, 0.25) is 0 Å². The molecule has 0 bridgehead atoms. The highest BCUT2D eigenvalue weighted by molar-refractivity contribution is 5.93. The van der Waals surface area contributed by atoms with E-state index in [2.05, 4.69) is 10.4 Å². The minimum absolute atomic E-state index is 0.136. The van der Waals surface area contributed by atoms with E-state index >= 15 is 0 Å². The Kier molecular flexibility index (Phi) is 5.11. The second-order valence-corrected chi connectivity index (χ2v) is 4.86. The molecular formula is C16H22N4O. The van der Waals surface area contributed by atoms with Gasteiger partial charge in [0.1, 0.15) is 5.69 Å². The number of aromatic nitrogens is 2. The SMILES string of the molecule is CCc1cc(C(=O)NC(CN)c2ccccc2)n(CC)n1. The molecule has 0 saturated heterocycles. The summed E-state index contributed by atoms with van der Waals surface area (Å²) in [7, 11) is 0. The Labute approximate surface area is 125 Å². The summed E-state index contributed by atoms with van der Waals surface area (Å²) in [5.41, 5.74) is 8.31. The van der Waals surface area contributed by atoms with Gasteiger partial charge in [-0.05, 0) is 25.0 Å². The van der Waals surface area contributed by atoms with Crippen molar-refractivity contribution in [3.63, 3.8) is 0 Å². The van der Waals surface area contributed by atoms with Crippen LogP contribution in [-0.4, -0.2) is 22.2 Å². The van der Waals surface area contributed by atoms with Crippen molar-refractivity contribution in [3.05, 3.63) is 53.3 Å². The van der Waals surface area contributed by atoms with Gasteiger partial charge in [-0.1, -0.05) is 37.3 Å². The fourth-order valence-electron chi connectivity index (χ4n) is 2.26. The zero-order valence-corrected chi connectivity index (χ0v) is 12.5. The van der Waals surface area contributed by atoms with Gasteiger partial charge in [-0.15, -0.1) is 0 Å². The van der Waals surface area contributed by atoms with Gasteiger partial charge in [0.2, 0.25) is 0 Å². The smallest absolute Gasteiger partial charge is 0.270 e. The van der Waals surface area contributed by atoms with Crippen molar-refractivity contribution in [1.29, 1.82) is 0 Å². The Morgan fingerprint density at radius 3 is 2.62 bits per heavy atom. The highest BCUT2D eigenvalue weighted by Crippen LogP contribution is 2.13. The molecule has 1 aromatic heterocycles. The van der Waals surface area contributed by atoms with E-state index in [1.54, 1.807) is 4.68 Å². The predicted molar refractivity (Wildman–Crippen MR) is 83.0 cm³/mol. The van der Waals surface area contributed by atoms with Crippen LogP contribution < -0.4 is 11.1 Å². The Morgan fingerprint density at radius 1 is 1.33 bits per heavy atom. The molecule has 5 heteroatoms. The fourth-order valence-corrected chi connectivity index (χ4v) is 2.26. The molecule has 1 amide bonds. The minimum atomic E-state index is -0.191. The molecule has 0 radical (unpaired) electrons. The summed E-state index contributed by atoms with van der Waals surface area (Å²) in [6.07, 6.45) is 0.812. The molecule has 21 heavy (non-hydrogen) atoms. The van der Waals surface area contributed by atoms with Crippen molar-refractivity contribution in [2.75, 3.05) is 6.54 Å². The van der Waals surface area contributed by atoms with Crippen molar-refractivity contribution in [2.45, 2.75) is 32.9 Å². The van der Waals surface area contributed by atoms with Crippen LogP contribution in [0, 0.1) is 0 Å². The van der Waals surface area contributed by atoms with Gasteiger partial charge in [0.05, 0.1) is 11.7 Å². The summed E-state index contributed by atoms with van der Waals surface area (Å²) in [6, 6.07) is 11.4. The van der Waals surface area contributed by atoms with Gasteiger partial charge in [-0.2, -0.15) is 5.10 Å². The van der Waals surface area contributed by atoms with Crippen LogP contribution in [0.4, 0.5) is 0 Å². The molecule has 3 N–H and O–H groups in total. The van der Waals surface area contributed by atoms with Crippen LogP contribution in [-0.2, 0) is 13.0 Å². The second-order valence-electron chi connectivity index (χ2n) is 4.86. The quantitative estimate of drug-likeness (QED) is 0.851. The summed E-state index contributed by atoms with van der Waals surface area (Å²) < 4.78 is 1.73. The number of carbonyl (C=O) groups is 1. The van der Waals surface area contributed by atoms with Crippen molar-refractivity contribution in [1.82, 2.24) is 15.1 Å². The number of aryl methyl sites for hydroxylation is 2. The van der Waals surface area contributed by atoms with Crippen molar-refractivity contribution >= 4 is 5.91 Å². The maximum absolute atomic E-state index is 12.5. The lowest BCUT2D eigenvalue weighted by Crippen LogP contribution is -2.34. The molecule has 5 nitrogen and oxygen atoms in total. The van der Waals surface area contributed by atoms with Gasteiger partial charge in [0.25, 0.3) is 5.91 Å². The summed E-state index contributed by atoms with van der Waals surface area (Å²) in [6.45, 7) is 5.02. The van der Waals surface area contributed by atoms with E-state index in [0.717, 1.165) is 17.7 Å². The molecule has 1 unspecified atom stereocenters. The molecule has 2 rings (SSSR count). The van der Waals surface area contributed by atoms with E-state index in [9.17, 15) is 4.79 Å². The standard InChI is InChI=1S/C16H22N4O/c1-3-13-10-15(20(4-2)19-13)16(21)18-14(11-17)12-8-6-5-7-9-12/h5-10,14H,3-4,11,17H2,1-2H3,(H,18,21). The van der Waals surface area contributed by atoms with Crippen LogP contribution >= 0.6 is 0 Å². The third-order valence-corrected chi connectivity index (χ3v) is 3.47. The Morgan fingerprint density at radius 2 is 2.05 bits per heavy atom. The average Bonchev–Trinajstić information content (AvgIpc) is 2.96. The first-order chi connectivity index (χ1) is 10.2. The van der Waals surface area contributed by atoms with Crippen molar-refractivity contribution < 1.29 is 4.79 Å². The Hall–Kier alpha value is -2.14. The summed E-state index contributed by atoms with van der Waals surface area (Å²) >= 11 is 0. The molecule has 1 heterocycles. The number of amides is 1. The zero-order chi connectivity index (χ0) is 15.2. The van der Waals surface area contributed by atoms with Gasteiger partial charge in [0, 0.05) is 13.1 Å². The average molecular weight is 286 g/mol. The normalized spacial score (nSPS) is 12.1. The molecule has 0 spiro atoms. The van der Waals surface area contributed by atoms with Crippen LogP contribution in [0.15, 0.2) is 36.4 Å².